The van der Waals surface area contributed by atoms with Gasteiger partial charge in [-0.15, -0.1) is 0 Å². The van der Waals surface area contributed by atoms with Crippen molar-refractivity contribution in [3.63, 3.8) is 0 Å². The van der Waals surface area contributed by atoms with Gasteiger partial charge in [-0.05, 0) is 65.4 Å². The molecule has 6 heteroatoms. The molecule has 0 fully saturated rings. The third-order valence-corrected chi connectivity index (χ3v) is 7.99. The summed E-state index contributed by atoms with van der Waals surface area (Å²) in [5, 5.41) is 0.685. The molecule has 3 nitrogen and oxygen atoms in total. The van der Waals surface area contributed by atoms with E-state index in [1.807, 2.05) is 59.2 Å². The maximum atomic E-state index is 13.7. The van der Waals surface area contributed by atoms with E-state index >= 15 is 0 Å². The van der Waals surface area contributed by atoms with Crippen molar-refractivity contribution in [2.45, 2.75) is 18.9 Å². The molecule has 162 valence electrons. The fraction of sp³-hybridized carbons (Fsp3) is 0.111. The van der Waals surface area contributed by atoms with Gasteiger partial charge in [-0.1, -0.05) is 87.4 Å². The number of hydrogen-bond donors (Lipinski definition) is 0. The van der Waals surface area contributed by atoms with Crippen LogP contribution in [0.25, 0.3) is 11.8 Å². The van der Waals surface area contributed by atoms with Gasteiger partial charge in [0, 0.05) is 15.1 Å². The molecule has 0 bridgehead atoms. The van der Waals surface area contributed by atoms with E-state index in [1.54, 1.807) is 0 Å². The Kier molecular flexibility index (Phi) is 5.21. The zero-order chi connectivity index (χ0) is 22.5. The monoisotopic (exact) mass is 532 g/mol. The smallest absolute Gasteiger partial charge is 0.271 e. The van der Waals surface area contributed by atoms with Crippen LogP contribution in [-0.4, -0.2) is 4.57 Å². The number of thiazole rings is 1. The van der Waals surface area contributed by atoms with Crippen LogP contribution in [0.1, 0.15) is 34.7 Å². The Hall–Kier alpha value is -2.73. The van der Waals surface area contributed by atoms with Gasteiger partial charge in [0.15, 0.2) is 4.80 Å². The number of nitrogens with zero attached hydrogens (tertiary/aromatic N) is 2. The van der Waals surface area contributed by atoms with E-state index in [0.717, 1.165) is 38.9 Å². The first-order valence-corrected chi connectivity index (χ1v) is 12.7. The van der Waals surface area contributed by atoms with Crippen LogP contribution in [0.3, 0.4) is 0 Å². The molecule has 1 atom stereocenters. The lowest BCUT2D eigenvalue weighted by atomic mass is 9.83. The van der Waals surface area contributed by atoms with E-state index in [9.17, 15) is 4.79 Å². The summed E-state index contributed by atoms with van der Waals surface area (Å²) < 4.78 is 3.56. The third kappa shape index (κ3) is 3.65. The SMILES string of the molecule is O=c1/c(=C\c2ccc(Br)cc2)sc2n1[C@@H](c1ccc(Cl)cc1)C1=C(N=2)c2ccccc2CC1. The van der Waals surface area contributed by atoms with Crippen molar-refractivity contribution in [3.05, 3.63) is 130 Å². The Morgan fingerprint density at radius 2 is 1.76 bits per heavy atom. The standard InChI is InChI=1S/C27H18BrClN2OS/c28-19-10-5-16(6-11-19)15-23-26(32)31-25(18-7-12-20(29)13-8-18)22-14-9-17-3-1-2-4-21(17)24(22)30-27(31)33-23/h1-8,10-13,15,25H,9,14H2/b23-15+/t25-/m0/s1. The van der Waals surface area contributed by atoms with Gasteiger partial charge < -0.3 is 0 Å². The molecule has 1 aliphatic carbocycles. The summed E-state index contributed by atoms with van der Waals surface area (Å²) >= 11 is 11.1. The predicted molar refractivity (Wildman–Crippen MR) is 138 cm³/mol. The zero-order valence-electron chi connectivity index (χ0n) is 17.5. The minimum absolute atomic E-state index is 0.00738. The average Bonchev–Trinajstić information content (AvgIpc) is 3.14. The lowest BCUT2D eigenvalue weighted by Crippen LogP contribution is -2.38. The first-order valence-electron chi connectivity index (χ1n) is 10.7. The Morgan fingerprint density at radius 3 is 2.55 bits per heavy atom. The second-order valence-corrected chi connectivity index (χ2v) is 10.6. The second-order valence-electron chi connectivity index (χ2n) is 8.22. The maximum absolute atomic E-state index is 13.7. The number of aromatic nitrogens is 1. The Bertz CT molecular complexity index is 1600. The van der Waals surface area contributed by atoms with Crippen molar-refractivity contribution >= 4 is 50.6 Å². The lowest BCUT2D eigenvalue weighted by molar-refractivity contribution is 0.585. The zero-order valence-corrected chi connectivity index (χ0v) is 20.6. The van der Waals surface area contributed by atoms with Crippen molar-refractivity contribution in [1.82, 2.24) is 4.57 Å². The molecule has 0 unspecified atom stereocenters. The van der Waals surface area contributed by atoms with Crippen molar-refractivity contribution in [1.29, 1.82) is 0 Å². The van der Waals surface area contributed by atoms with Gasteiger partial charge >= 0.3 is 0 Å². The summed E-state index contributed by atoms with van der Waals surface area (Å²) in [6, 6.07) is 24.1. The first-order chi connectivity index (χ1) is 16.1. The molecule has 2 aliphatic rings. The minimum atomic E-state index is -0.186. The number of hydrogen-bond acceptors (Lipinski definition) is 3. The molecule has 1 aliphatic heterocycles. The summed E-state index contributed by atoms with van der Waals surface area (Å²) in [6.45, 7) is 0. The molecule has 0 amide bonds. The van der Waals surface area contributed by atoms with Crippen LogP contribution in [0.4, 0.5) is 0 Å². The van der Waals surface area contributed by atoms with E-state index < -0.39 is 0 Å². The Balaban J connectivity index is 1.62. The van der Waals surface area contributed by atoms with Crippen LogP contribution in [0.2, 0.25) is 5.02 Å². The van der Waals surface area contributed by atoms with Gasteiger partial charge in [-0.25, -0.2) is 4.99 Å². The molecule has 33 heavy (non-hydrogen) atoms. The molecular weight excluding hydrogens is 516 g/mol. The summed E-state index contributed by atoms with van der Waals surface area (Å²) in [5.74, 6) is 0. The number of halogens is 2. The Morgan fingerprint density at radius 1 is 1.00 bits per heavy atom. The lowest BCUT2D eigenvalue weighted by Gasteiger charge is -2.30. The second kappa shape index (κ2) is 8.24. The molecule has 0 N–H and O–H groups in total. The highest BCUT2D eigenvalue weighted by Gasteiger charge is 2.32. The van der Waals surface area contributed by atoms with E-state index in [-0.39, 0.29) is 11.6 Å². The van der Waals surface area contributed by atoms with Gasteiger partial charge in [-0.3, -0.25) is 9.36 Å². The number of fused-ring (bicyclic) bond motifs is 3. The number of benzene rings is 3. The van der Waals surface area contributed by atoms with Gasteiger partial charge in [0.1, 0.15) is 0 Å². The fourth-order valence-electron chi connectivity index (χ4n) is 4.68. The highest BCUT2D eigenvalue weighted by Crippen LogP contribution is 2.41. The number of allylic oxidation sites excluding steroid dienone is 1. The molecule has 0 saturated heterocycles. The molecule has 6 rings (SSSR count). The van der Waals surface area contributed by atoms with Gasteiger partial charge in [0.05, 0.1) is 16.3 Å². The molecule has 4 aromatic rings. The fourth-order valence-corrected chi connectivity index (χ4v) is 6.07. The predicted octanol–water partition coefficient (Wildman–Crippen LogP) is 5.73. The Labute approximate surface area is 208 Å². The van der Waals surface area contributed by atoms with Gasteiger partial charge in [-0.2, -0.15) is 0 Å². The van der Waals surface area contributed by atoms with E-state index in [0.29, 0.717) is 9.55 Å². The van der Waals surface area contributed by atoms with E-state index in [1.165, 1.54) is 28.0 Å². The van der Waals surface area contributed by atoms with Crippen LogP contribution in [0, 0.1) is 0 Å². The van der Waals surface area contributed by atoms with Crippen LogP contribution in [0.5, 0.6) is 0 Å². The van der Waals surface area contributed by atoms with Crippen molar-refractivity contribution < 1.29 is 0 Å². The van der Waals surface area contributed by atoms with Crippen LogP contribution in [0.15, 0.2) is 92.6 Å². The topological polar surface area (TPSA) is 34.4 Å². The molecule has 1 aromatic heterocycles. The minimum Gasteiger partial charge on any atom is -0.272 e. The van der Waals surface area contributed by atoms with Crippen molar-refractivity contribution in [3.8, 4) is 0 Å². The molecule has 2 heterocycles. The van der Waals surface area contributed by atoms with E-state index in [4.69, 9.17) is 16.6 Å². The van der Waals surface area contributed by atoms with Gasteiger partial charge in [0.2, 0.25) is 0 Å². The average molecular weight is 534 g/mol. The highest BCUT2D eigenvalue weighted by atomic mass is 79.9. The van der Waals surface area contributed by atoms with Crippen molar-refractivity contribution in [2.75, 3.05) is 0 Å². The quantitative estimate of drug-likeness (QED) is 0.324. The third-order valence-electron chi connectivity index (χ3n) is 6.23. The molecule has 0 radical (unpaired) electrons. The molecule has 0 spiro atoms. The first kappa shape index (κ1) is 20.8. The van der Waals surface area contributed by atoms with E-state index in [2.05, 4.69) is 40.2 Å². The van der Waals surface area contributed by atoms with Crippen LogP contribution >= 0.6 is 38.9 Å². The number of aryl methyl sites for hydroxylation is 1. The highest BCUT2D eigenvalue weighted by molar-refractivity contribution is 9.10. The molecular formula is C27H18BrClN2OS. The summed E-state index contributed by atoms with van der Waals surface area (Å²) in [4.78, 5) is 19.5. The summed E-state index contributed by atoms with van der Waals surface area (Å²) in [5.41, 5.74) is 6.71. The van der Waals surface area contributed by atoms with Gasteiger partial charge in [0.25, 0.3) is 5.56 Å². The molecule has 0 saturated carbocycles. The summed E-state index contributed by atoms with van der Waals surface area (Å²) in [7, 11) is 0. The van der Waals surface area contributed by atoms with Crippen LogP contribution < -0.4 is 14.9 Å². The largest absolute Gasteiger partial charge is 0.272 e. The normalized spacial score (nSPS) is 17.3. The molecule has 3 aromatic carbocycles. The maximum Gasteiger partial charge on any atom is 0.271 e. The summed E-state index contributed by atoms with van der Waals surface area (Å²) in [6.07, 6.45) is 3.77. The number of rotatable bonds is 2. The van der Waals surface area contributed by atoms with Crippen LogP contribution in [-0.2, 0) is 6.42 Å². The van der Waals surface area contributed by atoms with Crippen molar-refractivity contribution in [2.24, 2.45) is 4.99 Å².